The lowest BCUT2D eigenvalue weighted by Crippen LogP contribution is -2.42. The van der Waals surface area contributed by atoms with Gasteiger partial charge in [-0.15, -0.1) is 0 Å². The standard InChI is InChI=1S/C19H18ClF3N2O3/c1-12-11-13(20)8-9-16(12)28-10-4-7-17(26)24-25-18(27)14-5-2-3-6-15(14)19(21,22)23/h2-3,5-6,8-9,11H,4,7,10H2,1H3,(H,24,26)(H,25,27). The second-order valence-corrected chi connectivity index (χ2v) is 6.34. The van der Waals surface area contributed by atoms with E-state index in [9.17, 15) is 22.8 Å². The van der Waals surface area contributed by atoms with Crippen molar-refractivity contribution in [2.75, 3.05) is 6.61 Å². The van der Waals surface area contributed by atoms with Gasteiger partial charge in [-0.05, 0) is 49.2 Å². The molecule has 0 bridgehead atoms. The minimum atomic E-state index is -4.67. The first-order valence-electron chi connectivity index (χ1n) is 8.33. The van der Waals surface area contributed by atoms with Crippen LogP contribution in [-0.2, 0) is 11.0 Å². The van der Waals surface area contributed by atoms with E-state index in [4.69, 9.17) is 16.3 Å². The van der Waals surface area contributed by atoms with E-state index in [2.05, 4.69) is 5.43 Å². The van der Waals surface area contributed by atoms with Crippen molar-refractivity contribution in [3.63, 3.8) is 0 Å². The molecule has 2 amide bonds. The van der Waals surface area contributed by atoms with Crippen LogP contribution in [0.3, 0.4) is 0 Å². The summed E-state index contributed by atoms with van der Waals surface area (Å²) in [6.45, 7) is 2.09. The van der Waals surface area contributed by atoms with Gasteiger partial charge in [-0.25, -0.2) is 0 Å². The van der Waals surface area contributed by atoms with Crippen molar-refractivity contribution >= 4 is 23.4 Å². The lowest BCUT2D eigenvalue weighted by molar-refractivity contribution is -0.137. The highest BCUT2D eigenvalue weighted by Crippen LogP contribution is 2.31. The number of rotatable bonds is 6. The molecule has 0 saturated carbocycles. The number of aryl methyl sites for hydroxylation is 1. The predicted molar refractivity (Wildman–Crippen MR) is 98.0 cm³/mol. The maximum atomic E-state index is 12.9. The second-order valence-electron chi connectivity index (χ2n) is 5.91. The van der Waals surface area contributed by atoms with Crippen molar-refractivity contribution in [2.24, 2.45) is 0 Å². The lowest BCUT2D eigenvalue weighted by Gasteiger charge is -2.13. The molecule has 2 N–H and O–H groups in total. The quantitative estimate of drug-likeness (QED) is 0.547. The molecule has 9 heteroatoms. The number of nitrogens with one attached hydrogen (secondary N) is 2. The van der Waals surface area contributed by atoms with Crippen LogP contribution in [0.25, 0.3) is 0 Å². The molecule has 0 aliphatic heterocycles. The molecule has 150 valence electrons. The third-order valence-electron chi connectivity index (χ3n) is 3.74. The average molecular weight is 415 g/mol. The molecule has 0 radical (unpaired) electrons. The first-order valence-corrected chi connectivity index (χ1v) is 8.70. The molecule has 2 aromatic carbocycles. The van der Waals surface area contributed by atoms with E-state index in [1.54, 1.807) is 18.2 Å². The lowest BCUT2D eigenvalue weighted by atomic mass is 10.1. The van der Waals surface area contributed by atoms with Crippen LogP contribution in [-0.4, -0.2) is 18.4 Å². The molecule has 28 heavy (non-hydrogen) atoms. The molecule has 0 atom stereocenters. The predicted octanol–water partition coefficient (Wildman–Crippen LogP) is 4.29. The zero-order valence-corrected chi connectivity index (χ0v) is 15.7. The van der Waals surface area contributed by atoms with Crippen molar-refractivity contribution in [3.05, 3.63) is 64.2 Å². The molecule has 0 heterocycles. The first kappa shape index (κ1) is 21.6. The highest BCUT2D eigenvalue weighted by molar-refractivity contribution is 6.30. The number of halogens is 4. The summed E-state index contributed by atoms with van der Waals surface area (Å²) in [5.74, 6) is -0.953. The number of alkyl halides is 3. The van der Waals surface area contributed by atoms with Gasteiger partial charge in [-0.3, -0.25) is 20.4 Å². The fraction of sp³-hybridized carbons (Fsp3) is 0.263. The summed E-state index contributed by atoms with van der Waals surface area (Å²) < 4.78 is 44.3. The van der Waals surface area contributed by atoms with Gasteiger partial charge in [-0.2, -0.15) is 13.2 Å². The van der Waals surface area contributed by atoms with E-state index in [0.717, 1.165) is 17.7 Å². The van der Waals surface area contributed by atoms with Crippen LogP contribution >= 0.6 is 11.6 Å². The second kappa shape index (κ2) is 9.45. The summed E-state index contributed by atoms with van der Waals surface area (Å²) in [5, 5.41) is 0.590. The number of carbonyl (C=O) groups is 2. The largest absolute Gasteiger partial charge is 0.493 e. The van der Waals surface area contributed by atoms with E-state index in [1.807, 2.05) is 12.3 Å². The van der Waals surface area contributed by atoms with E-state index < -0.39 is 29.1 Å². The molecule has 0 saturated heterocycles. The van der Waals surface area contributed by atoms with Crippen LogP contribution in [0, 0.1) is 6.92 Å². The van der Waals surface area contributed by atoms with Crippen LogP contribution in [0.2, 0.25) is 5.02 Å². The normalized spacial score (nSPS) is 11.0. The zero-order valence-electron chi connectivity index (χ0n) is 14.9. The average Bonchev–Trinajstić information content (AvgIpc) is 2.64. The van der Waals surface area contributed by atoms with Gasteiger partial charge >= 0.3 is 6.18 Å². The van der Waals surface area contributed by atoms with Gasteiger partial charge in [0, 0.05) is 11.4 Å². The summed E-state index contributed by atoms with van der Waals surface area (Å²) in [7, 11) is 0. The van der Waals surface area contributed by atoms with Gasteiger partial charge in [0.1, 0.15) is 5.75 Å². The third kappa shape index (κ3) is 6.16. The summed E-state index contributed by atoms with van der Waals surface area (Å²) in [6.07, 6.45) is -4.30. The number of amides is 2. The molecule has 0 spiro atoms. The highest BCUT2D eigenvalue weighted by Gasteiger charge is 2.34. The van der Waals surface area contributed by atoms with Crippen molar-refractivity contribution in [1.29, 1.82) is 0 Å². The van der Waals surface area contributed by atoms with Crippen molar-refractivity contribution in [1.82, 2.24) is 10.9 Å². The van der Waals surface area contributed by atoms with Crippen LogP contribution in [0.1, 0.15) is 34.3 Å². The number of benzene rings is 2. The van der Waals surface area contributed by atoms with Gasteiger partial charge in [0.05, 0.1) is 17.7 Å². The Morgan fingerprint density at radius 2 is 1.82 bits per heavy atom. The summed E-state index contributed by atoms with van der Waals surface area (Å²) in [5.41, 5.74) is 3.30. The topological polar surface area (TPSA) is 67.4 Å². The molecular formula is C19H18ClF3N2O3. The Morgan fingerprint density at radius 1 is 1.11 bits per heavy atom. The van der Waals surface area contributed by atoms with Crippen molar-refractivity contribution in [3.8, 4) is 5.75 Å². The Labute approximate surface area is 164 Å². The monoisotopic (exact) mass is 414 g/mol. The Balaban J connectivity index is 1.78. The number of hydrogen-bond acceptors (Lipinski definition) is 3. The van der Waals surface area contributed by atoms with Gasteiger partial charge < -0.3 is 4.74 Å². The van der Waals surface area contributed by atoms with Crippen molar-refractivity contribution in [2.45, 2.75) is 25.9 Å². The van der Waals surface area contributed by atoms with Gasteiger partial charge in [0.15, 0.2) is 0 Å². The summed E-state index contributed by atoms with van der Waals surface area (Å²) in [6, 6.07) is 9.47. The molecule has 0 unspecified atom stereocenters. The van der Waals surface area contributed by atoms with Crippen LogP contribution < -0.4 is 15.6 Å². The highest BCUT2D eigenvalue weighted by atomic mass is 35.5. The zero-order chi connectivity index (χ0) is 20.7. The maximum Gasteiger partial charge on any atom is 0.417 e. The molecule has 2 rings (SSSR count). The molecule has 0 aliphatic rings. The molecule has 5 nitrogen and oxygen atoms in total. The Kier molecular flexibility index (Phi) is 7.28. The Hall–Kier alpha value is -2.74. The Morgan fingerprint density at radius 3 is 2.50 bits per heavy atom. The minimum Gasteiger partial charge on any atom is -0.493 e. The van der Waals surface area contributed by atoms with Crippen LogP contribution in [0.4, 0.5) is 13.2 Å². The third-order valence-corrected chi connectivity index (χ3v) is 3.97. The smallest absolute Gasteiger partial charge is 0.417 e. The fourth-order valence-electron chi connectivity index (χ4n) is 2.37. The van der Waals surface area contributed by atoms with Gasteiger partial charge in [0.2, 0.25) is 5.91 Å². The van der Waals surface area contributed by atoms with Gasteiger partial charge in [0.25, 0.3) is 5.91 Å². The SMILES string of the molecule is Cc1cc(Cl)ccc1OCCCC(=O)NNC(=O)c1ccccc1C(F)(F)F. The summed E-state index contributed by atoms with van der Waals surface area (Å²) in [4.78, 5) is 23.7. The number of hydrogen-bond donors (Lipinski definition) is 2. The molecule has 0 aromatic heterocycles. The fourth-order valence-corrected chi connectivity index (χ4v) is 2.60. The van der Waals surface area contributed by atoms with E-state index in [1.165, 1.54) is 12.1 Å². The molecule has 0 fully saturated rings. The van der Waals surface area contributed by atoms with Crippen LogP contribution in [0.15, 0.2) is 42.5 Å². The van der Waals surface area contributed by atoms with E-state index in [-0.39, 0.29) is 13.0 Å². The van der Waals surface area contributed by atoms with Crippen molar-refractivity contribution < 1.29 is 27.5 Å². The Bertz CT molecular complexity index is 857. The maximum absolute atomic E-state index is 12.9. The van der Waals surface area contributed by atoms with Crippen LogP contribution in [0.5, 0.6) is 5.75 Å². The minimum absolute atomic E-state index is 0.0217. The molecule has 2 aromatic rings. The number of hydrazine groups is 1. The number of ether oxygens (including phenoxy) is 1. The van der Waals surface area contributed by atoms with Gasteiger partial charge in [-0.1, -0.05) is 23.7 Å². The first-order chi connectivity index (χ1) is 13.2. The molecular weight excluding hydrogens is 397 g/mol. The van der Waals surface area contributed by atoms with E-state index in [0.29, 0.717) is 17.2 Å². The van der Waals surface area contributed by atoms with E-state index >= 15 is 0 Å². The molecule has 0 aliphatic carbocycles. The summed E-state index contributed by atoms with van der Waals surface area (Å²) >= 11 is 5.85. The number of carbonyl (C=O) groups excluding carboxylic acids is 2.